The van der Waals surface area contributed by atoms with E-state index in [9.17, 15) is 9.90 Å². The fraction of sp³-hybridized carbons (Fsp3) is 0.182. The Balaban J connectivity index is 2.33. The molecule has 2 aromatic rings. The van der Waals surface area contributed by atoms with Gasteiger partial charge in [0.2, 0.25) is 0 Å². The quantitative estimate of drug-likeness (QED) is 0.549. The van der Waals surface area contributed by atoms with Gasteiger partial charge in [0.15, 0.2) is 0 Å². The highest BCUT2D eigenvalue weighted by molar-refractivity contribution is 6.07. The zero-order valence-corrected chi connectivity index (χ0v) is 10.8. The van der Waals surface area contributed by atoms with Crippen LogP contribution in [0.25, 0.3) is 0 Å². The highest BCUT2D eigenvalue weighted by Crippen LogP contribution is 2.24. The zero-order valence-electron chi connectivity index (χ0n) is 10.8. The summed E-state index contributed by atoms with van der Waals surface area (Å²) in [5.74, 6) is -0.750. The third-order valence-electron chi connectivity index (χ3n) is 2.40. The summed E-state index contributed by atoms with van der Waals surface area (Å²) in [4.78, 5) is 16.6. The highest BCUT2D eigenvalue weighted by atomic mass is 16.6. The SMILES string of the molecule is CON=Cc1cc(C)cc(C(=O)Nc2nn[nH]n2)c1O. The molecule has 9 nitrogen and oxygen atoms in total. The van der Waals surface area contributed by atoms with Gasteiger partial charge in [-0.1, -0.05) is 10.3 Å². The molecule has 0 saturated heterocycles. The number of nitrogens with zero attached hydrogens (tertiary/aromatic N) is 4. The van der Waals surface area contributed by atoms with E-state index in [-0.39, 0.29) is 17.3 Å². The maximum Gasteiger partial charge on any atom is 0.270 e. The van der Waals surface area contributed by atoms with E-state index in [4.69, 9.17) is 0 Å². The second-order valence-corrected chi connectivity index (χ2v) is 3.86. The highest BCUT2D eigenvalue weighted by Gasteiger charge is 2.16. The van der Waals surface area contributed by atoms with Crippen LogP contribution < -0.4 is 5.32 Å². The molecule has 0 spiro atoms. The minimum atomic E-state index is -0.556. The summed E-state index contributed by atoms with van der Waals surface area (Å²) in [6, 6.07) is 3.21. The Labute approximate surface area is 113 Å². The Hall–Kier alpha value is -2.97. The van der Waals surface area contributed by atoms with Gasteiger partial charge < -0.3 is 9.94 Å². The number of hydrogen-bond donors (Lipinski definition) is 3. The van der Waals surface area contributed by atoms with Crippen LogP contribution in [-0.2, 0) is 4.84 Å². The van der Waals surface area contributed by atoms with Crippen LogP contribution in [0.1, 0.15) is 21.5 Å². The molecule has 0 atom stereocenters. The second kappa shape index (κ2) is 5.78. The van der Waals surface area contributed by atoms with Crippen molar-refractivity contribution in [3.63, 3.8) is 0 Å². The molecule has 20 heavy (non-hydrogen) atoms. The van der Waals surface area contributed by atoms with Crippen molar-refractivity contribution in [2.75, 3.05) is 12.4 Å². The van der Waals surface area contributed by atoms with Crippen molar-refractivity contribution >= 4 is 18.1 Å². The van der Waals surface area contributed by atoms with Crippen LogP contribution >= 0.6 is 0 Å². The smallest absolute Gasteiger partial charge is 0.270 e. The number of hydrogen-bond acceptors (Lipinski definition) is 7. The molecule has 0 radical (unpaired) electrons. The van der Waals surface area contributed by atoms with E-state index in [0.29, 0.717) is 5.56 Å². The van der Waals surface area contributed by atoms with E-state index in [0.717, 1.165) is 5.56 Å². The number of oxime groups is 1. The van der Waals surface area contributed by atoms with Gasteiger partial charge in [-0.25, -0.2) is 0 Å². The second-order valence-electron chi connectivity index (χ2n) is 3.86. The first-order valence-corrected chi connectivity index (χ1v) is 5.56. The zero-order chi connectivity index (χ0) is 14.5. The molecule has 3 N–H and O–H groups in total. The third-order valence-corrected chi connectivity index (χ3v) is 2.40. The van der Waals surface area contributed by atoms with E-state index in [2.05, 4.69) is 35.9 Å². The molecule has 0 aliphatic heterocycles. The van der Waals surface area contributed by atoms with Gasteiger partial charge in [0.25, 0.3) is 11.9 Å². The van der Waals surface area contributed by atoms with Crippen LogP contribution in [-0.4, -0.2) is 45.0 Å². The number of carbonyl (C=O) groups is 1. The van der Waals surface area contributed by atoms with Crippen molar-refractivity contribution in [3.8, 4) is 5.75 Å². The van der Waals surface area contributed by atoms with Crippen molar-refractivity contribution in [1.82, 2.24) is 20.6 Å². The number of aryl methyl sites for hydroxylation is 1. The van der Waals surface area contributed by atoms with Crippen LogP contribution in [0.2, 0.25) is 0 Å². The van der Waals surface area contributed by atoms with Gasteiger partial charge in [-0.2, -0.15) is 5.21 Å². The molecule has 1 amide bonds. The van der Waals surface area contributed by atoms with Crippen LogP contribution in [0, 0.1) is 6.92 Å². The summed E-state index contributed by atoms with van der Waals surface area (Å²) in [5, 5.41) is 28.7. The minimum absolute atomic E-state index is 0.0167. The van der Waals surface area contributed by atoms with Crippen molar-refractivity contribution in [2.24, 2.45) is 5.16 Å². The lowest BCUT2D eigenvalue weighted by molar-refractivity contribution is 0.102. The van der Waals surface area contributed by atoms with E-state index in [1.54, 1.807) is 13.0 Å². The molecule has 0 aliphatic rings. The number of aromatic amines is 1. The molecule has 0 fully saturated rings. The number of aromatic nitrogens is 4. The van der Waals surface area contributed by atoms with Gasteiger partial charge in [0.05, 0.1) is 11.8 Å². The molecule has 9 heteroatoms. The average molecular weight is 276 g/mol. The number of benzene rings is 1. The van der Waals surface area contributed by atoms with Crippen LogP contribution in [0.3, 0.4) is 0 Å². The molecule has 2 rings (SSSR count). The van der Waals surface area contributed by atoms with Gasteiger partial charge in [0.1, 0.15) is 12.9 Å². The number of anilines is 1. The van der Waals surface area contributed by atoms with Crippen LogP contribution in [0.4, 0.5) is 5.95 Å². The summed E-state index contributed by atoms with van der Waals surface area (Å²) in [6.07, 6.45) is 1.31. The molecular formula is C11H12N6O3. The van der Waals surface area contributed by atoms with Crippen molar-refractivity contribution < 1.29 is 14.7 Å². The minimum Gasteiger partial charge on any atom is -0.506 e. The van der Waals surface area contributed by atoms with Gasteiger partial charge in [-0.15, -0.1) is 5.10 Å². The summed E-state index contributed by atoms with van der Waals surface area (Å²) in [5.41, 5.74) is 1.22. The van der Waals surface area contributed by atoms with E-state index in [1.165, 1.54) is 19.4 Å². The van der Waals surface area contributed by atoms with Gasteiger partial charge in [-0.3, -0.25) is 10.1 Å². The number of tetrazole rings is 1. The maximum atomic E-state index is 12.0. The largest absolute Gasteiger partial charge is 0.506 e. The molecule has 1 heterocycles. The fourth-order valence-electron chi connectivity index (χ4n) is 1.57. The van der Waals surface area contributed by atoms with Crippen LogP contribution in [0.15, 0.2) is 17.3 Å². The lowest BCUT2D eigenvalue weighted by Gasteiger charge is -2.08. The summed E-state index contributed by atoms with van der Waals surface area (Å²) >= 11 is 0. The average Bonchev–Trinajstić information content (AvgIpc) is 2.92. The monoisotopic (exact) mass is 276 g/mol. The first kappa shape index (κ1) is 13.5. The Morgan fingerprint density at radius 2 is 2.35 bits per heavy atom. The van der Waals surface area contributed by atoms with Crippen molar-refractivity contribution in [3.05, 3.63) is 28.8 Å². The standard InChI is InChI=1S/C11H12N6O3/c1-6-3-7(5-12-20-2)9(18)8(4-6)10(19)13-11-14-16-17-15-11/h3-5,18H,1-2H3,(H2,13,14,15,16,17,19). The molecule has 1 aromatic carbocycles. The van der Waals surface area contributed by atoms with Gasteiger partial charge >= 0.3 is 0 Å². The molecule has 0 unspecified atom stereocenters. The van der Waals surface area contributed by atoms with Crippen molar-refractivity contribution in [2.45, 2.75) is 6.92 Å². The lowest BCUT2D eigenvalue weighted by Crippen LogP contribution is -2.14. The molecule has 1 aromatic heterocycles. The number of nitrogens with one attached hydrogen (secondary N) is 2. The van der Waals surface area contributed by atoms with Gasteiger partial charge in [0, 0.05) is 5.56 Å². The Bertz CT molecular complexity index is 638. The fourth-order valence-corrected chi connectivity index (χ4v) is 1.57. The molecule has 0 bridgehead atoms. The summed E-state index contributed by atoms with van der Waals surface area (Å²) in [7, 11) is 1.38. The van der Waals surface area contributed by atoms with E-state index >= 15 is 0 Å². The predicted molar refractivity (Wildman–Crippen MR) is 69.6 cm³/mol. The van der Waals surface area contributed by atoms with Crippen molar-refractivity contribution in [1.29, 1.82) is 0 Å². The first-order chi connectivity index (χ1) is 9.61. The van der Waals surface area contributed by atoms with E-state index in [1.807, 2.05) is 0 Å². The number of amides is 1. The number of aromatic hydroxyl groups is 1. The van der Waals surface area contributed by atoms with E-state index < -0.39 is 5.91 Å². The number of carbonyl (C=O) groups excluding carboxylic acids is 1. The Kier molecular flexibility index (Phi) is 3.89. The van der Waals surface area contributed by atoms with Crippen LogP contribution in [0.5, 0.6) is 5.75 Å². The number of rotatable bonds is 4. The topological polar surface area (TPSA) is 125 Å². The predicted octanol–water partition coefficient (Wildman–Crippen LogP) is 0.446. The Morgan fingerprint density at radius 1 is 1.55 bits per heavy atom. The first-order valence-electron chi connectivity index (χ1n) is 5.56. The number of phenols is 1. The maximum absolute atomic E-state index is 12.0. The number of phenolic OH excluding ortho intramolecular Hbond substituents is 1. The summed E-state index contributed by atoms with van der Waals surface area (Å²) in [6.45, 7) is 1.79. The van der Waals surface area contributed by atoms with Gasteiger partial charge in [-0.05, 0) is 29.8 Å². The summed E-state index contributed by atoms with van der Waals surface area (Å²) < 4.78 is 0. The molecule has 0 saturated carbocycles. The molecule has 104 valence electrons. The molecule has 0 aliphatic carbocycles. The number of H-pyrrole nitrogens is 1. The normalized spacial score (nSPS) is 10.7. The Morgan fingerprint density at radius 3 is 3.00 bits per heavy atom. The molecular weight excluding hydrogens is 264 g/mol. The third kappa shape index (κ3) is 2.88. The lowest BCUT2D eigenvalue weighted by atomic mass is 10.0.